The van der Waals surface area contributed by atoms with E-state index in [0.29, 0.717) is 13.2 Å². The second-order valence-corrected chi connectivity index (χ2v) is 6.37. The summed E-state index contributed by atoms with van der Waals surface area (Å²) in [5.74, 6) is 3.25. The second-order valence-electron chi connectivity index (χ2n) is 6.37. The number of aliphatic imine (C=N–C) groups is 1. The van der Waals surface area contributed by atoms with Gasteiger partial charge in [0.25, 0.3) is 0 Å². The van der Waals surface area contributed by atoms with E-state index in [0.717, 1.165) is 43.1 Å². The molecule has 0 bridgehead atoms. The van der Waals surface area contributed by atoms with Crippen molar-refractivity contribution in [1.29, 1.82) is 0 Å². The fourth-order valence-corrected chi connectivity index (χ4v) is 2.60. The first-order valence-corrected chi connectivity index (χ1v) is 8.64. The lowest BCUT2D eigenvalue weighted by atomic mass is 10.2. The van der Waals surface area contributed by atoms with E-state index in [1.165, 1.54) is 12.8 Å². The number of para-hydroxylation sites is 2. The van der Waals surface area contributed by atoms with Crippen molar-refractivity contribution in [3.8, 4) is 11.5 Å². The largest absolute Gasteiger partial charge is 0.486 e. The first-order valence-electron chi connectivity index (χ1n) is 8.64. The van der Waals surface area contributed by atoms with Gasteiger partial charge in [-0.05, 0) is 30.9 Å². The van der Waals surface area contributed by atoms with Gasteiger partial charge in [-0.25, -0.2) is 0 Å². The van der Waals surface area contributed by atoms with Gasteiger partial charge in [-0.15, -0.1) is 0 Å². The standard InChI is InChI=1S/C18H27N3O3/c1-19-18(21(2)9-10-22-12-14-7-8-14)20-11-15-13-23-16-5-3-4-6-17(16)24-15/h3-6,14-15H,7-13H2,1-2H3,(H,19,20). The summed E-state index contributed by atoms with van der Waals surface area (Å²) >= 11 is 0. The summed E-state index contributed by atoms with van der Waals surface area (Å²) in [4.78, 5) is 6.40. The Kier molecular flexibility index (Phi) is 5.80. The Hall–Kier alpha value is -1.95. The van der Waals surface area contributed by atoms with Crippen molar-refractivity contribution in [2.75, 3.05) is 47.0 Å². The van der Waals surface area contributed by atoms with Crippen molar-refractivity contribution in [2.45, 2.75) is 18.9 Å². The molecule has 1 unspecified atom stereocenters. The summed E-state index contributed by atoms with van der Waals surface area (Å²) in [6.45, 7) is 3.62. The molecule has 132 valence electrons. The minimum atomic E-state index is -0.0313. The summed E-state index contributed by atoms with van der Waals surface area (Å²) in [7, 11) is 3.81. The zero-order valence-electron chi connectivity index (χ0n) is 14.5. The van der Waals surface area contributed by atoms with Crippen LogP contribution >= 0.6 is 0 Å². The Balaban J connectivity index is 1.39. The predicted molar refractivity (Wildman–Crippen MR) is 93.9 cm³/mol. The third-order valence-corrected chi connectivity index (χ3v) is 4.25. The lowest BCUT2D eigenvalue weighted by Crippen LogP contribution is -2.46. The SMILES string of the molecule is CN=C(NCC1COc2ccccc2O1)N(C)CCOCC1CC1. The van der Waals surface area contributed by atoms with Gasteiger partial charge in [0.1, 0.15) is 12.7 Å². The fraction of sp³-hybridized carbons (Fsp3) is 0.611. The summed E-state index contributed by atoms with van der Waals surface area (Å²) in [6, 6.07) is 7.75. The minimum Gasteiger partial charge on any atom is -0.486 e. The van der Waals surface area contributed by atoms with Crippen molar-refractivity contribution < 1.29 is 14.2 Å². The molecule has 24 heavy (non-hydrogen) atoms. The first kappa shape index (κ1) is 16.9. The van der Waals surface area contributed by atoms with E-state index in [9.17, 15) is 0 Å². The molecule has 1 atom stereocenters. The summed E-state index contributed by atoms with van der Waals surface area (Å²) < 4.78 is 17.4. The summed E-state index contributed by atoms with van der Waals surface area (Å²) in [5.41, 5.74) is 0. The van der Waals surface area contributed by atoms with Crippen LogP contribution in [0.2, 0.25) is 0 Å². The van der Waals surface area contributed by atoms with Crippen LogP contribution in [0.5, 0.6) is 11.5 Å². The summed E-state index contributed by atoms with van der Waals surface area (Å²) in [6.07, 6.45) is 2.62. The Bertz CT molecular complexity index is 560. The van der Waals surface area contributed by atoms with E-state index in [4.69, 9.17) is 14.2 Å². The van der Waals surface area contributed by atoms with E-state index in [-0.39, 0.29) is 6.10 Å². The smallest absolute Gasteiger partial charge is 0.193 e. The van der Waals surface area contributed by atoms with Crippen molar-refractivity contribution in [2.24, 2.45) is 10.9 Å². The molecule has 3 rings (SSSR count). The zero-order chi connectivity index (χ0) is 16.8. The monoisotopic (exact) mass is 333 g/mol. The van der Waals surface area contributed by atoms with Crippen LogP contribution < -0.4 is 14.8 Å². The predicted octanol–water partition coefficient (Wildman–Crippen LogP) is 1.76. The molecule has 1 fully saturated rings. The maximum absolute atomic E-state index is 5.95. The van der Waals surface area contributed by atoms with E-state index in [1.54, 1.807) is 7.05 Å². The van der Waals surface area contributed by atoms with Gasteiger partial charge in [0, 0.05) is 27.2 Å². The topological polar surface area (TPSA) is 55.3 Å². The average Bonchev–Trinajstić information content (AvgIpc) is 3.43. The average molecular weight is 333 g/mol. The molecule has 1 heterocycles. The third kappa shape index (κ3) is 4.77. The molecule has 1 aromatic rings. The molecule has 1 aliphatic carbocycles. The molecule has 0 aromatic heterocycles. The number of likely N-dealkylation sites (N-methyl/N-ethyl adjacent to an activating group) is 1. The highest BCUT2D eigenvalue weighted by atomic mass is 16.6. The van der Waals surface area contributed by atoms with E-state index in [2.05, 4.69) is 15.2 Å². The van der Waals surface area contributed by atoms with Gasteiger partial charge >= 0.3 is 0 Å². The van der Waals surface area contributed by atoms with Crippen LogP contribution in [0, 0.1) is 5.92 Å². The quantitative estimate of drug-likeness (QED) is 0.468. The van der Waals surface area contributed by atoms with Gasteiger partial charge in [0.15, 0.2) is 17.5 Å². The van der Waals surface area contributed by atoms with Crippen molar-refractivity contribution >= 4 is 5.96 Å². The lowest BCUT2D eigenvalue weighted by molar-refractivity contribution is 0.0924. The van der Waals surface area contributed by atoms with Crippen molar-refractivity contribution in [3.05, 3.63) is 24.3 Å². The molecule has 1 aromatic carbocycles. The van der Waals surface area contributed by atoms with E-state index < -0.39 is 0 Å². The molecular weight excluding hydrogens is 306 g/mol. The second kappa shape index (κ2) is 8.24. The first-order chi connectivity index (χ1) is 11.8. The molecular formula is C18H27N3O3. The number of rotatable bonds is 7. The minimum absolute atomic E-state index is 0.0313. The molecule has 0 radical (unpaired) electrons. The lowest BCUT2D eigenvalue weighted by Gasteiger charge is -2.28. The number of guanidine groups is 1. The van der Waals surface area contributed by atoms with Gasteiger partial charge in [-0.1, -0.05) is 12.1 Å². The van der Waals surface area contributed by atoms with Crippen molar-refractivity contribution in [1.82, 2.24) is 10.2 Å². The third-order valence-electron chi connectivity index (χ3n) is 4.25. The molecule has 1 aliphatic heterocycles. The molecule has 6 nitrogen and oxygen atoms in total. The van der Waals surface area contributed by atoms with Crippen LogP contribution in [-0.2, 0) is 4.74 Å². The van der Waals surface area contributed by atoms with Crippen LogP contribution in [-0.4, -0.2) is 64.0 Å². The van der Waals surface area contributed by atoms with E-state index in [1.807, 2.05) is 31.3 Å². The van der Waals surface area contributed by atoms with Gasteiger partial charge in [0.2, 0.25) is 0 Å². The Morgan fingerprint density at radius 3 is 2.88 bits per heavy atom. The fourth-order valence-electron chi connectivity index (χ4n) is 2.60. The number of nitrogens with zero attached hydrogens (tertiary/aromatic N) is 2. The normalized spacial score (nSPS) is 19.9. The molecule has 0 saturated heterocycles. The van der Waals surface area contributed by atoms with Gasteiger partial charge in [0.05, 0.1) is 13.2 Å². The molecule has 0 amide bonds. The Morgan fingerprint density at radius 1 is 1.33 bits per heavy atom. The van der Waals surface area contributed by atoms with Crippen LogP contribution in [0.3, 0.4) is 0 Å². The Morgan fingerprint density at radius 2 is 2.12 bits per heavy atom. The number of fused-ring (bicyclic) bond motifs is 1. The number of benzene rings is 1. The van der Waals surface area contributed by atoms with E-state index >= 15 is 0 Å². The van der Waals surface area contributed by atoms with Crippen molar-refractivity contribution in [3.63, 3.8) is 0 Å². The number of hydrogen-bond donors (Lipinski definition) is 1. The number of hydrogen-bond acceptors (Lipinski definition) is 4. The highest BCUT2D eigenvalue weighted by Gasteiger charge is 2.22. The molecule has 1 N–H and O–H groups in total. The number of nitrogens with one attached hydrogen (secondary N) is 1. The highest BCUT2D eigenvalue weighted by molar-refractivity contribution is 5.79. The maximum atomic E-state index is 5.95. The molecule has 0 spiro atoms. The van der Waals surface area contributed by atoms with Gasteiger partial charge in [-0.2, -0.15) is 0 Å². The van der Waals surface area contributed by atoms with Crippen LogP contribution in [0.1, 0.15) is 12.8 Å². The van der Waals surface area contributed by atoms with Crippen LogP contribution in [0.25, 0.3) is 0 Å². The molecule has 6 heteroatoms. The van der Waals surface area contributed by atoms with Crippen LogP contribution in [0.4, 0.5) is 0 Å². The number of ether oxygens (including phenoxy) is 3. The maximum Gasteiger partial charge on any atom is 0.193 e. The zero-order valence-corrected chi connectivity index (χ0v) is 14.5. The summed E-state index contributed by atoms with van der Waals surface area (Å²) in [5, 5.41) is 3.35. The van der Waals surface area contributed by atoms with Gasteiger partial charge < -0.3 is 24.4 Å². The van der Waals surface area contributed by atoms with Gasteiger partial charge in [-0.3, -0.25) is 4.99 Å². The highest BCUT2D eigenvalue weighted by Crippen LogP contribution is 2.30. The Labute approximate surface area is 143 Å². The molecule has 1 saturated carbocycles. The van der Waals surface area contributed by atoms with Crippen LogP contribution in [0.15, 0.2) is 29.3 Å². The molecule has 2 aliphatic rings.